The SMILES string of the molecule is Cc1cccc(CSCCNC(=O)c2ccc(N3CCCCC3)cc2)c1. The molecule has 1 amide bonds. The van der Waals surface area contributed by atoms with Crippen molar-refractivity contribution in [2.45, 2.75) is 31.9 Å². The number of benzene rings is 2. The van der Waals surface area contributed by atoms with E-state index in [4.69, 9.17) is 0 Å². The Bertz CT molecular complexity index is 708. The minimum absolute atomic E-state index is 0.0198. The fourth-order valence-electron chi connectivity index (χ4n) is 3.31. The molecular formula is C22H28N2OS. The highest BCUT2D eigenvalue weighted by atomic mass is 32.2. The summed E-state index contributed by atoms with van der Waals surface area (Å²) in [5.41, 5.74) is 4.61. The number of nitrogens with one attached hydrogen (secondary N) is 1. The number of hydrogen-bond acceptors (Lipinski definition) is 3. The summed E-state index contributed by atoms with van der Waals surface area (Å²) in [6, 6.07) is 16.6. The van der Waals surface area contributed by atoms with Crippen molar-refractivity contribution in [2.24, 2.45) is 0 Å². The zero-order valence-electron chi connectivity index (χ0n) is 15.5. The lowest BCUT2D eigenvalue weighted by molar-refractivity contribution is 0.0956. The molecule has 138 valence electrons. The fourth-order valence-corrected chi connectivity index (χ4v) is 4.11. The van der Waals surface area contributed by atoms with Gasteiger partial charge < -0.3 is 10.2 Å². The van der Waals surface area contributed by atoms with Crippen LogP contribution in [0.5, 0.6) is 0 Å². The summed E-state index contributed by atoms with van der Waals surface area (Å²) in [7, 11) is 0. The van der Waals surface area contributed by atoms with E-state index in [-0.39, 0.29) is 5.91 Å². The van der Waals surface area contributed by atoms with Gasteiger partial charge in [0.2, 0.25) is 0 Å². The molecule has 0 unspecified atom stereocenters. The Labute approximate surface area is 161 Å². The number of hydrogen-bond donors (Lipinski definition) is 1. The molecule has 2 aromatic carbocycles. The van der Waals surface area contributed by atoms with E-state index in [1.165, 1.54) is 36.1 Å². The number of aryl methyl sites for hydroxylation is 1. The second-order valence-electron chi connectivity index (χ2n) is 6.89. The molecule has 1 fully saturated rings. The van der Waals surface area contributed by atoms with Gasteiger partial charge in [0.25, 0.3) is 5.91 Å². The molecular weight excluding hydrogens is 340 g/mol. The standard InChI is InChI=1S/C22H28N2OS/c1-18-6-5-7-19(16-18)17-26-15-12-23-22(25)20-8-10-21(11-9-20)24-13-3-2-4-14-24/h5-11,16H,2-4,12-15,17H2,1H3,(H,23,25). The average molecular weight is 369 g/mol. The molecule has 4 heteroatoms. The zero-order chi connectivity index (χ0) is 18.2. The van der Waals surface area contributed by atoms with E-state index in [2.05, 4.69) is 53.5 Å². The maximum atomic E-state index is 12.3. The molecule has 1 N–H and O–H groups in total. The van der Waals surface area contributed by atoms with Crippen LogP contribution in [0.3, 0.4) is 0 Å². The smallest absolute Gasteiger partial charge is 0.251 e. The maximum absolute atomic E-state index is 12.3. The van der Waals surface area contributed by atoms with Crippen molar-refractivity contribution in [3.63, 3.8) is 0 Å². The third-order valence-corrected chi connectivity index (χ3v) is 5.76. The minimum atomic E-state index is 0.0198. The summed E-state index contributed by atoms with van der Waals surface area (Å²) >= 11 is 1.85. The number of anilines is 1. The highest BCUT2D eigenvalue weighted by molar-refractivity contribution is 7.98. The van der Waals surface area contributed by atoms with Gasteiger partial charge in [-0.1, -0.05) is 29.8 Å². The number of amides is 1. The van der Waals surface area contributed by atoms with E-state index in [0.717, 1.165) is 30.2 Å². The molecule has 0 aromatic heterocycles. The molecule has 0 radical (unpaired) electrons. The van der Waals surface area contributed by atoms with Crippen LogP contribution < -0.4 is 10.2 Å². The van der Waals surface area contributed by atoms with Gasteiger partial charge in [-0.2, -0.15) is 11.8 Å². The van der Waals surface area contributed by atoms with E-state index < -0.39 is 0 Å². The lowest BCUT2D eigenvalue weighted by Gasteiger charge is -2.28. The van der Waals surface area contributed by atoms with Gasteiger partial charge in [-0.05, 0) is 56.0 Å². The van der Waals surface area contributed by atoms with Crippen molar-refractivity contribution >= 4 is 23.4 Å². The van der Waals surface area contributed by atoms with Gasteiger partial charge in [0.15, 0.2) is 0 Å². The lowest BCUT2D eigenvalue weighted by atomic mass is 10.1. The van der Waals surface area contributed by atoms with Crippen LogP contribution in [0.1, 0.15) is 40.7 Å². The van der Waals surface area contributed by atoms with Crippen molar-refractivity contribution in [3.05, 3.63) is 65.2 Å². The third kappa shape index (κ3) is 5.53. The Balaban J connectivity index is 1.39. The summed E-state index contributed by atoms with van der Waals surface area (Å²) in [5.74, 6) is 1.93. The van der Waals surface area contributed by atoms with E-state index in [1.54, 1.807) is 0 Å². The van der Waals surface area contributed by atoms with Crippen LogP contribution in [-0.2, 0) is 5.75 Å². The molecule has 3 rings (SSSR count). The quantitative estimate of drug-likeness (QED) is 0.722. The topological polar surface area (TPSA) is 32.3 Å². The predicted molar refractivity (Wildman–Crippen MR) is 112 cm³/mol. The molecule has 2 aromatic rings. The van der Waals surface area contributed by atoms with Gasteiger partial charge >= 0.3 is 0 Å². The van der Waals surface area contributed by atoms with Crippen LogP contribution in [0.15, 0.2) is 48.5 Å². The van der Waals surface area contributed by atoms with Gasteiger partial charge in [-0.15, -0.1) is 0 Å². The van der Waals surface area contributed by atoms with Crippen molar-refractivity contribution in [1.82, 2.24) is 5.32 Å². The van der Waals surface area contributed by atoms with Crippen LogP contribution >= 0.6 is 11.8 Å². The Morgan fingerprint density at radius 3 is 2.58 bits per heavy atom. The summed E-state index contributed by atoms with van der Waals surface area (Å²) in [4.78, 5) is 14.7. The summed E-state index contributed by atoms with van der Waals surface area (Å²) in [6.45, 7) is 5.07. The average Bonchev–Trinajstić information content (AvgIpc) is 2.68. The van der Waals surface area contributed by atoms with Crippen LogP contribution in [0, 0.1) is 6.92 Å². The Hall–Kier alpha value is -1.94. The number of carbonyl (C=O) groups is 1. The van der Waals surface area contributed by atoms with E-state index in [0.29, 0.717) is 6.54 Å². The largest absolute Gasteiger partial charge is 0.372 e. The first-order chi connectivity index (χ1) is 12.7. The highest BCUT2D eigenvalue weighted by Gasteiger charge is 2.11. The first kappa shape index (κ1) is 18.8. The molecule has 1 aliphatic rings. The second kappa shape index (κ2) is 9.67. The molecule has 0 saturated carbocycles. The van der Waals surface area contributed by atoms with Crippen molar-refractivity contribution in [2.75, 3.05) is 30.3 Å². The van der Waals surface area contributed by atoms with Crippen LogP contribution in [0.2, 0.25) is 0 Å². The van der Waals surface area contributed by atoms with Crippen molar-refractivity contribution in [1.29, 1.82) is 0 Å². The van der Waals surface area contributed by atoms with Gasteiger partial charge in [0.1, 0.15) is 0 Å². The number of piperidine rings is 1. The third-order valence-electron chi connectivity index (χ3n) is 4.73. The molecule has 1 saturated heterocycles. The van der Waals surface area contributed by atoms with Gasteiger partial charge in [-0.3, -0.25) is 4.79 Å². The van der Waals surface area contributed by atoms with Gasteiger partial charge in [-0.25, -0.2) is 0 Å². The number of carbonyl (C=O) groups excluding carboxylic acids is 1. The van der Waals surface area contributed by atoms with Crippen LogP contribution in [0.25, 0.3) is 0 Å². The monoisotopic (exact) mass is 368 g/mol. The highest BCUT2D eigenvalue weighted by Crippen LogP contribution is 2.20. The zero-order valence-corrected chi connectivity index (χ0v) is 16.4. The first-order valence-corrected chi connectivity index (χ1v) is 10.6. The fraction of sp³-hybridized carbons (Fsp3) is 0.409. The molecule has 0 atom stereocenters. The van der Waals surface area contributed by atoms with Gasteiger partial charge in [0.05, 0.1) is 0 Å². The number of nitrogens with zero attached hydrogens (tertiary/aromatic N) is 1. The molecule has 1 aliphatic heterocycles. The molecule has 0 spiro atoms. The van der Waals surface area contributed by atoms with E-state index >= 15 is 0 Å². The maximum Gasteiger partial charge on any atom is 0.251 e. The normalized spacial score (nSPS) is 14.3. The number of thioether (sulfide) groups is 1. The molecule has 26 heavy (non-hydrogen) atoms. The van der Waals surface area contributed by atoms with Crippen molar-refractivity contribution < 1.29 is 4.79 Å². The van der Waals surface area contributed by atoms with Gasteiger partial charge in [0, 0.05) is 42.4 Å². The first-order valence-electron chi connectivity index (χ1n) is 9.49. The molecule has 0 bridgehead atoms. The van der Waals surface area contributed by atoms with Crippen LogP contribution in [-0.4, -0.2) is 31.3 Å². The molecule has 3 nitrogen and oxygen atoms in total. The molecule has 1 heterocycles. The predicted octanol–water partition coefficient (Wildman–Crippen LogP) is 4.65. The van der Waals surface area contributed by atoms with Crippen molar-refractivity contribution in [3.8, 4) is 0 Å². The van der Waals surface area contributed by atoms with E-state index in [1.807, 2.05) is 23.9 Å². The lowest BCUT2D eigenvalue weighted by Crippen LogP contribution is -2.29. The Morgan fingerprint density at radius 2 is 1.85 bits per heavy atom. The summed E-state index contributed by atoms with van der Waals surface area (Å²) in [6.07, 6.45) is 3.86. The Kier molecular flexibility index (Phi) is 7.01. The second-order valence-corrected chi connectivity index (χ2v) is 8.00. The van der Waals surface area contributed by atoms with E-state index in [9.17, 15) is 4.79 Å². The summed E-state index contributed by atoms with van der Waals surface area (Å²) in [5, 5.41) is 3.02. The minimum Gasteiger partial charge on any atom is -0.372 e. The number of rotatable bonds is 7. The summed E-state index contributed by atoms with van der Waals surface area (Å²) < 4.78 is 0. The van der Waals surface area contributed by atoms with Crippen LogP contribution in [0.4, 0.5) is 5.69 Å². The Morgan fingerprint density at radius 1 is 1.08 bits per heavy atom. The molecule has 0 aliphatic carbocycles.